The normalized spacial score (nSPS) is 16.9. The summed E-state index contributed by atoms with van der Waals surface area (Å²) >= 11 is 0. The van der Waals surface area contributed by atoms with E-state index >= 15 is 0 Å². The van der Waals surface area contributed by atoms with Crippen LogP contribution >= 0.6 is 0 Å². The largest absolute Gasteiger partial charge is 0.383 e. The van der Waals surface area contributed by atoms with Crippen LogP contribution in [0.2, 0.25) is 0 Å². The molecule has 0 aromatic carbocycles. The van der Waals surface area contributed by atoms with Crippen molar-refractivity contribution in [1.29, 1.82) is 0 Å². The molecule has 0 unspecified atom stereocenters. The molecule has 0 bridgehead atoms. The Morgan fingerprint density at radius 3 is 2.63 bits per heavy atom. The molecule has 2 aromatic heterocycles. The lowest BCUT2D eigenvalue weighted by Gasteiger charge is -2.30. The summed E-state index contributed by atoms with van der Waals surface area (Å²) in [7, 11) is -1.75. The first-order valence-electron chi connectivity index (χ1n) is 9.48. The molecule has 1 fully saturated rings. The van der Waals surface area contributed by atoms with Crippen LogP contribution in [0.15, 0.2) is 23.5 Å². The molecular weight excluding hydrogens is 366 g/mol. The Balaban J connectivity index is 1.61. The quantitative estimate of drug-likeness (QED) is 0.679. The smallest absolute Gasteiger partial charge is 0.246 e. The Hall–Kier alpha value is -1.71. The number of rotatable bonds is 8. The van der Waals surface area contributed by atoms with Crippen molar-refractivity contribution in [1.82, 2.24) is 23.6 Å². The zero-order valence-corrected chi connectivity index (χ0v) is 17.2. The van der Waals surface area contributed by atoms with E-state index in [1.807, 2.05) is 13.1 Å². The number of hydrogen-bond donors (Lipinski definition) is 0. The number of hydrogen-bond acceptors (Lipinski definition) is 5. The van der Waals surface area contributed by atoms with Crippen molar-refractivity contribution in [2.75, 3.05) is 26.8 Å². The lowest BCUT2D eigenvalue weighted by atomic mass is 9.94. The highest BCUT2D eigenvalue weighted by molar-refractivity contribution is 7.89. The van der Waals surface area contributed by atoms with Gasteiger partial charge in [0, 0.05) is 57.8 Å². The third-order valence-electron chi connectivity index (χ3n) is 5.27. The molecule has 9 heteroatoms. The molecule has 0 aliphatic carbocycles. The van der Waals surface area contributed by atoms with Crippen molar-refractivity contribution in [3.05, 3.63) is 30.1 Å². The van der Waals surface area contributed by atoms with Gasteiger partial charge in [-0.2, -0.15) is 9.40 Å². The summed E-state index contributed by atoms with van der Waals surface area (Å²) in [6, 6.07) is 0. The lowest BCUT2D eigenvalue weighted by molar-refractivity contribution is 0.184. The molecule has 27 heavy (non-hydrogen) atoms. The second-order valence-electron chi connectivity index (χ2n) is 7.04. The SMILES string of the molecule is CCn1cc(S(=O)(=O)N2CCC(Cc3ncc(C)n3CCOC)CC2)cn1. The predicted molar refractivity (Wildman–Crippen MR) is 102 cm³/mol. The molecule has 150 valence electrons. The number of imidazole rings is 1. The topological polar surface area (TPSA) is 82.2 Å². The first-order chi connectivity index (χ1) is 13.0. The molecule has 3 heterocycles. The maximum Gasteiger partial charge on any atom is 0.246 e. The Kier molecular flexibility index (Phi) is 6.33. The average Bonchev–Trinajstić information content (AvgIpc) is 3.28. The van der Waals surface area contributed by atoms with Crippen molar-refractivity contribution < 1.29 is 13.2 Å². The maximum absolute atomic E-state index is 12.8. The molecule has 0 atom stereocenters. The Morgan fingerprint density at radius 1 is 1.26 bits per heavy atom. The van der Waals surface area contributed by atoms with Gasteiger partial charge < -0.3 is 9.30 Å². The van der Waals surface area contributed by atoms with Gasteiger partial charge in [0.05, 0.1) is 12.8 Å². The van der Waals surface area contributed by atoms with Crippen molar-refractivity contribution in [3.8, 4) is 0 Å². The molecule has 1 aliphatic rings. The monoisotopic (exact) mass is 395 g/mol. The molecule has 0 radical (unpaired) electrons. The molecule has 1 aliphatic heterocycles. The van der Waals surface area contributed by atoms with Crippen LogP contribution in [0.4, 0.5) is 0 Å². The summed E-state index contributed by atoms with van der Waals surface area (Å²) in [5.74, 6) is 1.51. The van der Waals surface area contributed by atoms with E-state index in [1.54, 1.807) is 22.3 Å². The molecule has 1 saturated heterocycles. The standard InChI is InChI=1S/C18H29N5O3S/c1-4-21-14-17(13-20-21)27(24,25)22-7-5-16(6-8-22)11-18-19-12-15(2)23(18)9-10-26-3/h12-14,16H,4-11H2,1-3H3. The van der Waals surface area contributed by atoms with Crippen LogP contribution in [0.3, 0.4) is 0 Å². The van der Waals surface area contributed by atoms with Gasteiger partial charge in [0.2, 0.25) is 10.0 Å². The van der Waals surface area contributed by atoms with E-state index in [4.69, 9.17) is 4.74 Å². The fraction of sp³-hybridized carbons (Fsp3) is 0.667. The summed E-state index contributed by atoms with van der Waals surface area (Å²) < 4.78 is 36.2. The third-order valence-corrected chi connectivity index (χ3v) is 7.12. The van der Waals surface area contributed by atoms with Crippen LogP contribution in [-0.2, 0) is 34.3 Å². The van der Waals surface area contributed by atoms with Gasteiger partial charge >= 0.3 is 0 Å². The van der Waals surface area contributed by atoms with E-state index in [9.17, 15) is 8.42 Å². The van der Waals surface area contributed by atoms with Crippen molar-refractivity contribution in [2.45, 2.75) is 51.1 Å². The Labute approximate surface area is 161 Å². The molecule has 2 aromatic rings. The molecule has 8 nitrogen and oxygen atoms in total. The minimum atomic E-state index is -3.45. The van der Waals surface area contributed by atoms with Gasteiger partial charge in [-0.05, 0) is 32.6 Å². The van der Waals surface area contributed by atoms with Crippen LogP contribution in [0.1, 0.15) is 31.3 Å². The van der Waals surface area contributed by atoms with Gasteiger partial charge in [0.1, 0.15) is 10.7 Å². The maximum atomic E-state index is 12.8. The molecule has 0 saturated carbocycles. The van der Waals surface area contributed by atoms with E-state index < -0.39 is 10.0 Å². The molecule has 3 rings (SSSR count). The second-order valence-corrected chi connectivity index (χ2v) is 8.98. The summed E-state index contributed by atoms with van der Waals surface area (Å²) in [6.45, 7) is 7.19. The second kappa shape index (κ2) is 8.53. The highest BCUT2D eigenvalue weighted by atomic mass is 32.2. The number of aryl methyl sites for hydroxylation is 2. The molecule has 0 amide bonds. The lowest BCUT2D eigenvalue weighted by Crippen LogP contribution is -2.39. The average molecular weight is 396 g/mol. The van der Waals surface area contributed by atoms with Gasteiger partial charge in [0.25, 0.3) is 0 Å². The number of nitrogens with zero attached hydrogens (tertiary/aromatic N) is 5. The number of methoxy groups -OCH3 is 1. The van der Waals surface area contributed by atoms with Gasteiger partial charge in [-0.15, -0.1) is 0 Å². The highest BCUT2D eigenvalue weighted by Crippen LogP contribution is 2.26. The molecule has 0 N–H and O–H groups in total. The van der Waals surface area contributed by atoms with Gasteiger partial charge in [-0.3, -0.25) is 4.68 Å². The minimum Gasteiger partial charge on any atom is -0.383 e. The molecule has 0 spiro atoms. The zero-order chi connectivity index (χ0) is 19.4. The van der Waals surface area contributed by atoms with Crippen molar-refractivity contribution >= 4 is 10.0 Å². The van der Waals surface area contributed by atoms with Crippen molar-refractivity contribution in [2.24, 2.45) is 5.92 Å². The number of piperidine rings is 1. The Morgan fingerprint density at radius 2 is 2.00 bits per heavy atom. The third kappa shape index (κ3) is 4.41. The minimum absolute atomic E-state index is 0.286. The summed E-state index contributed by atoms with van der Waals surface area (Å²) in [4.78, 5) is 4.84. The Bertz CT molecular complexity index is 850. The van der Waals surface area contributed by atoms with E-state index in [0.29, 0.717) is 32.2 Å². The van der Waals surface area contributed by atoms with E-state index in [1.165, 1.54) is 6.20 Å². The van der Waals surface area contributed by atoms with Gasteiger partial charge in [0.15, 0.2) is 0 Å². The fourth-order valence-electron chi connectivity index (χ4n) is 3.57. The summed E-state index contributed by atoms with van der Waals surface area (Å²) in [5, 5.41) is 4.09. The highest BCUT2D eigenvalue weighted by Gasteiger charge is 2.31. The number of sulfonamides is 1. The van der Waals surface area contributed by atoms with Gasteiger partial charge in [-0.1, -0.05) is 0 Å². The fourth-order valence-corrected chi connectivity index (χ4v) is 5.00. The van der Waals surface area contributed by atoms with E-state index in [0.717, 1.165) is 37.3 Å². The van der Waals surface area contributed by atoms with E-state index in [-0.39, 0.29) is 4.90 Å². The van der Waals surface area contributed by atoms with Gasteiger partial charge in [-0.25, -0.2) is 13.4 Å². The number of aromatic nitrogens is 4. The van der Waals surface area contributed by atoms with Crippen LogP contribution in [0.5, 0.6) is 0 Å². The summed E-state index contributed by atoms with van der Waals surface area (Å²) in [6.07, 6.45) is 7.51. The number of ether oxygens (including phenoxy) is 1. The zero-order valence-electron chi connectivity index (χ0n) is 16.3. The first-order valence-corrected chi connectivity index (χ1v) is 10.9. The van der Waals surface area contributed by atoms with Crippen LogP contribution in [0.25, 0.3) is 0 Å². The summed E-state index contributed by atoms with van der Waals surface area (Å²) in [5.41, 5.74) is 1.13. The van der Waals surface area contributed by atoms with Crippen LogP contribution in [-0.4, -0.2) is 58.9 Å². The predicted octanol–water partition coefficient (Wildman–Crippen LogP) is 1.70. The first kappa shape index (κ1) is 20.0. The molecular formula is C18H29N5O3S. The van der Waals surface area contributed by atoms with Crippen molar-refractivity contribution in [3.63, 3.8) is 0 Å². The van der Waals surface area contributed by atoms with E-state index in [2.05, 4.69) is 21.6 Å². The van der Waals surface area contributed by atoms with Crippen LogP contribution in [0, 0.1) is 12.8 Å². The van der Waals surface area contributed by atoms with Crippen LogP contribution < -0.4 is 0 Å².